The number of carbonyl (C=O) groups is 2. The van der Waals surface area contributed by atoms with Crippen LogP contribution in [0.2, 0.25) is 0 Å². The maximum absolute atomic E-state index is 13.5. The number of fused-ring (bicyclic) bond motifs is 1. The van der Waals surface area contributed by atoms with Crippen LogP contribution in [0.4, 0.5) is 5.69 Å². The lowest BCUT2D eigenvalue weighted by atomic mass is 10.2. The highest BCUT2D eigenvalue weighted by Crippen LogP contribution is 2.24. The first-order valence-electron chi connectivity index (χ1n) is 11.2. The van der Waals surface area contributed by atoms with E-state index < -0.39 is 6.10 Å². The zero-order valence-corrected chi connectivity index (χ0v) is 18.8. The number of nitrogens with one attached hydrogen (secondary N) is 1. The molecule has 4 rings (SSSR count). The van der Waals surface area contributed by atoms with Crippen molar-refractivity contribution in [2.24, 2.45) is 0 Å². The minimum absolute atomic E-state index is 0.000206. The van der Waals surface area contributed by atoms with Gasteiger partial charge < -0.3 is 19.5 Å². The summed E-state index contributed by atoms with van der Waals surface area (Å²) in [6.07, 6.45) is 1.21. The number of imidazole rings is 1. The van der Waals surface area contributed by atoms with Crippen molar-refractivity contribution in [2.45, 2.75) is 58.3 Å². The molecule has 3 aromatic rings. The Morgan fingerprint density at radius 2 is 1.84 bits per heavy atom. The summed E-state index contributed by atoms with van der Waals surface area (Å²) in [6.45, 7) is 6.64. The Bertz CT molecular complexity index is 1090. The van der Waals surface area contributed by atoms with Crippen LogP contribution in [-0.2, 0) is 20.9 Å². The van der Waals surface area contributed by atoms with Gasteiger partial charge in [0.1, 0.15) is 18.5 Å². The van der Waals surface area contributed by atoms with Crippen LogP contribution >= 0.6 is 0 Å². The number of benzene rings is 2. The number of aromatic nitrogens is 2. The van der Waals surface area contributed by atoms with Crippen molar-refractivity contribution < 1.29 is 14.3 Å². The summed E-state index contributed by atoms with van der Waals surface area (Å²) < 4.78 is 7.43. The van der Waals surface area contributed by atoms with Gasteiger partial charge in [0.05, 0.1) is 17.1 Å². The third-order valence-corrected chi connectivity index (χ3v) is 5.77. The van der Waals surface area contributed by atoms with Crippen LogP contribution in [0.3, 0.4) is 0 Å². The van der Waals surface area contributed by atoms with Crippen LogP contribution in [0, 0.1) is 0 Å². The fraction of sp³-hybridized carbons (Fsp3) is 0.400. The summed E-state index contributed by atoms with van der Waals surface area (Å²) in [5.41, 5.74) is 2.52. The van der Waals surface area contributed by atoms with Crippen molar-refractivity contribution in [3.05, 3.63) is 60.4 Å². The fourth-order valence-corrected chi connectivity index (χ4v) is 4.28. The number of ether oxygens (including phenoxy) is 1. The van der Waals surface area contributed by atoms with Crippen LogP contribution in [0.15, 0.2) is 54.6 Å². The van der Waals surface area contributed by atoms with Crippen molar-refractivity contribution >= 4 is 28.5 Å². The first-order chi connectivity index (χ1) is 15.5. The van der Waals surface area contributed by atoms with E-state index in [9.17, 15) is 9.59 Å². The molecule has 32 heavy (non-hydrogen) atoms. The zero-order chi connectivity index (χ0) is 22.7. The first kappa shape index (κ1) is 22.0. The van der Waals surface area contributed by atoms with Crippen molar-refractivity contribution in [1.29, 1.82) is 0 Å². The molecule has 2 atom stereocenters. The van der Waals surface area contributed by atoms with Gasteiger partial charge in [0.25, 0.3) is 0 Å². The molecule has 1 saturated heterocycles. The van der Waals surface area contributed by atoms with E-state index in [4.69, 9.17) is 9.72 Å². The third-order valence-electron chi connectivity index (χ3n) is 5.77. The second kappa shape index (κ2) is 9.53. The minimum Gasteiger partial charge on any atom is -0.368 e. The van der Waals surface area contributed by atoms with Crippen LogP contribution in [-0.4, -0.2) is 40.1 Å². The van der Waals surface area contributed by atoms with E-state index in [0.717, 1.165) is 29.6 Å². The molecule has 0 aliphatic carbocycles. The van der Waals surface area contributed by atoms with Crippen molar-refractivity contribution in [3.8, 4) is 0 Å². The highest BCUT2D eigenvalue weighted by atomic mass is 16.5. The average molecular weight is 435 g/mol. The minimum atomic E-state index is -0.411. The monoisotopic (exact) mass is 434 g/mol. The molecule has 7 nitrogen and oxygen atoms in total. The van der Waals surface area contributed by atoms with Crippen molar-refractivity contribution in [3.63, 3.8) is 0 Å². The largest absolute Gasteiger partial charge is 0.368 e. The Morgan fingerprint density at radius 3 is 2.53 bits per heavy atom. The predicted molar refractivity (Wildman–Crippen MR) is 124 cm³/mol. The van der Waals surface area contributed by atoms with Gasteiger partial charge in [0.15, 0.2) is 0 Å². The van der Waals surface area contributed by atoms with E-state index in [1.807, 2.05) is 79.9 Å². The second-order valence-corrected chi connectivity index (χ2v) is 8.47. The molecule has 0 saturated carbocycles. The number of nitrogens with zero attached hydrogens (tertiary/aromatic N) is 3. The Hall–Kier alpha value is -3.19. The van der Waals surface area contributed by atoms with Gasteiger partial charge in [0.2, 0.25) is 11.8 Å². The lowest BCUT2D eigenvalue weighted by Gasteiger charge is -2.28. The molecule has 0 radical (unpaired) electrons. The van der Waals surface area contributed by atoms with Crippen molar-refractivity contribution in [1.82, 2.24) is 14.9 Å². The standard InChI is InChI=1S/C25H30N4O3/c1-17(2)29(19-10-5-4-6-11-19)23(30)16-28-21-13-8-7-12-20(21)27-24(28)18(3)26-25(31)22-14-9-15-32-22/h4-8,10-13,17-18,22H,9,14-16H2,1-3H3,(H,26,31). The Kier molecular flexibility index (Phi) is 6.55. The smallest absolute Gasteiger partial charge is 0.249 e. The molecule has 0 bridgehead atoms. The molecule has 168 valence electrons. The highest BCUT2D eigenvalue weighted by molar-refractivity contribution is 5.94. The van der Waals surface area contributed by atoms with Gasteiger partial charge in [-0.15, -0.1) is 0 Å². The maximum atomic E-state index is 13.5. The van der Waals surface area contributed by atoms with Crippen LogP contribution in [0.25, 0.3) is 11.0 Å². The van der Waals surface area contributed by atoms with E-state index in [1.54, 1.807) is 4.90 Å². The number of rotatable bonds is 7. The molecule has 1 N–H and O–H groups in total. The maximum Gasteiger partial charge on any atom is 0.249 e. The van der Waals surface area contributed by atoms with Gasteiger partial charge in [0, 0.05) is 18.3 Å². The summed E-state index contributed by atoms with van der Waals surface area (Å²) in [4.78, 5) is 32.6. The number of amides is 2. The molecule has 2 heterocycles. The molecule has 2 amide bonds. The highest BCUT2D eigenvalue weighted by Gasteiger charge is 2.28. The Labute approximate surface area is 188 Å². The van der Waals surface area contributed by atoms with Gasteiger partial charge in [-0.3, -0.25) is 9.59 Å². The number of hydrogen-bond donors (Lipinski definition) is 1. The molecule has 0 spiro atoms. The van der Waals surface area contributed by atoms with E-state index in [1.165, 1.54) is 0 Å². The molecule has 1 aliphatic rings. The third kappa shape index (κ3) is 4.53. The van der Waals surface area contributed by atoms with Crippen LogP contribution < -0.4 is 10.2 Å². The lowest BCUT2D eigenvalue weighted by Crippen LogP contribution is -2.40. The molecule has 1 aromatic heterocycles. The number of para-hydroxylation sites is 3. The van der Waals surface area contributed by atoms with Gasteiger partial charge in [-0.25, -0.2) is 4.98 Å². The van der Waals surface area contributed by atoms with Gasteiger partial charge in [-0.1, -0.05) is 30.3 Å². The summed E-state index contributed by atoms with van der Waals surface area (Å²) in [7, 11) is 0. The number of anilines is 1. The SMILES string of the molecule is CC(NC(=O)C1CCCO1)c1nc2ccccc2n1CC(=O)N(c1ccccc1)C(C)C. The van der Waals surface area contributed by atoms with Crippen molar-refractivity contribution in [2.75, 3.05) is 11.5 Å². The van der Waals surface area contributed by atoms with E-state index >= 15 is 0 Å². The molecule has 1 aliphatic heterocycles. The molecule has 7 heteroatoms. The lowest BCUT2D eigenvalue weighted by molar-refractivity contribution is -0.130. The predicted octanol–water partition coefficient (Wildman–Crippen LogP) is 3.83. The van der Waals surface area contributed by atoms with E-state index in [2.05, 4.69) is 5.32 Å². The Morgan fingerprint density at radius 1 is 1.12 bits per heavy atom. The molecule has 1 fully saturated rings. The van der Waals surface area contributed by atoms with Gasteiger partial charge >= 0.3 is 0 Å². The summed E-state index contributed by atoms with van der Waals surface area (Å²) >= 11 is 0. The van der Waals surface area contributed by atoms with E-state index in [-0.39, 0.29) is 30.4 Å². The van der Waals surface area contributed by atoms with E-state index in [0.29, 0.717) is 12.4 Å². The van der Waals surface area contributed by atoms with Gasteiger partial charge in [-0.05, 0) is 57.9 Å². The van der Waals surface area contributed by atoms with Crippen LogP contribution in [0.1, 0.15) is 45.5 Å². The summed E-state index contributed by atoms with van der Waals surface area (Å²) in [5.74, 6) is 0.490. The molecule has 2 aromatic carbocycles. The number of hydrogen-bond acceptors (Lipinski definition) is 4. The normalized spacial score (nSPS) is 16.9. The average Bonchev–Trinajstić information content (AvgIpc) is 3.43. The number of carbonyl (C=O) groups excluding carboxylic acids is 2. The topological polar surface area (TPSA) is 76.5 Å². The quantitative estimate of drug-likeness (QED) is 0.613. The Balaban J connectivity index is 1.64. The fourth-order valence-electron chi connectivity index (χ4n) is 4.28. The zero-order valence-electron chi connectivity index (χ0n) is 18.8. The molecular formula is C25H30N4O3. The second-order valence-electron chi connectivity index (χ2n) is 8.47. The van der Waals surface area contributed by atoms with Gasteiger partial charge in [-0.2, -0.15) is 0 Å². The molecular weight excluding hydrogens is 404 g/mol. The molecule has 2 unspecified atom stereocenters. The first-order valence-corrected chi connectivity index (χ1v) is 11.2. The summed E-state index contributed by atoms with van der Waals surface area (Å²) in [6, 6.07) is 17.0. The van der Waals surface area contributed by atoms with Crippen LogP contribution in [0.5, 0.6) is 0 Å². The summed E-state index contributed by atoms with van der Waals surface area (Å²) in [5, 5.41) is 3.02.